The Labute approximate surface area is 190 Å². The molecule has 5 aliphatic rings. The Morgan fingerprint density at radius 2 is 1.90 bits per heavy atom. The summed E-state index contributed by atoms with van der Waals surface area (Å²) in [5.74, 6) is 5.17. The summed E-state index contributed by atoms with van der Waals surface area (Å²) in [6, 6.07) is 0. The summed E-state index contributed by atoms with van der Waals surface area (Å²) in [4.78, 5) is 11.8. The lowest BCUT2D eigenvalue weighted by Crippen LogP contribution is -2.57. The second kappa shape index (κ2) is 7.74. The lowest BCUT2D eigenvalue weighted by molar-refractivity contribution is -0.161. The van der Waals surface area contributed by atoms with E-state index in [4.69, 9.17) is 9.47 Å². The van der Waals surface area contributed by atoms with Crippen LogP contribution >= 0.6 is 0 Å². The number of esters is 1. The maximum absolute atomic E-state index is 11.8. The first-order valence-electron chi connectivity index (χ1n) is 13.5. The Morgan fingerprint density at radius 3 is 2.61 bits per heavy atom. The molecular weight excluding hydrogens is 384 g/mol. The number of hydrogen-bond acceptors (Lipinski definition) is 3. The molecule has 0 heterocycles. The lowest BCUT2D eigenvalue weighted by atomic mass is 9.45. The molecule has 176 valence electrons. The zero-order valence-electron chi connectivity index (χ0n) is 20.8. The first-order valence-corrected chi connectivity index (χ1v) is 13.5. The molecule has 10 atom stereocenters. The minimum absolute atomic E-state index is 0.0179. The van der Waals surface area contributed by atoms with Crippen LogP contribution in [-0.4, -0.2) is 25.8 Å². The summed E-state index contributed by atoms with van der Waals surface area (Å²) in [7, 11) is 2.00. The van der Waals surface area contributed by atoms with E-state index >= 15 is 0 Å². The van der Waals surface area contributed by atoms with Crippen molar-refractivity contribution in [1.29, 1.82) is 0 Å². The highest BCUT2D eigenvalue weighted by Gasteiger charge is 2.77. The number of methoxy groups -OCH3 is 1. The van der Waals surface area contributed by atoms with E-state index in [-0.39, 0.29) is 5.97 Å². The summed E-state index contributed by atoms with van der Waals surface area (Å²) in [5.41, 5.74) is 1.56. The number of carbonyl (C=O) groups excluding carboxylic acids is 1. The molecule has 0 aromatic heterocycles. The Hall–Kier alpha value is -0.570. The van der Waals surface area contributed by atoms with Crippen LogP contribution in [0.1, 0.15) is 98.3 Å². The van der Waals surface area contributed by atoms with Crippen LogP contribution < -0.4 is 0 Å². The highest BCUT2D eigenvalue weighted by molar-refractivity contribution is 5.69. The van der Waals surface area contributed by atoms with Crippen molar-refractivity contribution in [3.63, 3.8) is 0 Å². The Balaban J connectivity index is 1.29. The molecule has 5 rings (SSSR count). The minimum Gasteiger partial charge on any atom is -0.466 e. The molecule has 5 aliphatic carbocycles. The summed E-state index contributed by atoms with van der Waals surface area (Å²) in [6.45, 7) is 10.2. The van der Waals surface area contributed by atoms with E-state index in [1.165, 1.54) is 57.8 Å². The van der Waals surface area contributed by atoms with Crippen LogP contribution in [0.2, 0.25) is 0 Å². The van der Waals surface area contributed by atoms with Crippen molar-refractivity contribution >= 4 is 5.97 Å². The summed E-state index contributed by atoms with van der Waals surface area (Å²) >= 11 is 0. The van der Waals surface area contributed by atoms with Gasteiger partial charge in [-0.05, 0) is 117 Å². The van der Waals surface area contributed by atoms with Crippen LogP contribution in [0.5, 0.6) is 0 Å². The SMILES string of the molecule is CCOC(=O)CCCC(C)C1CCC2C3CC(OC)C45CC4CCC5(C)C3CCC12C. The molecule has 3 nitrogen and oxygen atoms in total. The van der Waals surface area contributed by atoms with Gasteiger partial charge in [-0.1, -0.05) is 20.8 Å². The molecule has 0 aromatic carbocycles. The zero-order chi connectivity index (χ0) is 22.0. The third-order valence-corrected chi connectivity index (χ3v) is 11.9. The summed E-state index contributed by atoms with van der Waals surface area (Å²) < 4.78 is 11.4. The first-order chi connectivity index (χ1) is 14.8. The molecule has 0 aliphatic heterocycles. The molecule has 3 heteroatoms. The normalized spacial score (nSPS) is 50.7. The Kier molecular flexibility index (Phi) is 5.55. The monoisotopic (exact) mass is 430 g/mol. The van der Waals surface area contributed by atoms with Crippen molar-refractivity contribution in [3.05, 3.63) is 0 Å². The number of rotatable bonds is 7. The first kappa shape index (κ1) is 22.2. The van der Waals surface area contributed by atoms with Gasteiger partial charge in [0.1, 0.15) is 0 Å². The second-order valence-electron chi connectivity index (χ2n) is 12.6. The third kappa shape index (κ3) is 3.03. The van der Waals surface area contributed by atoms with Gasteiger partial charge in [0.25, 0.3) is 0 Å². The van der Waals surface area contributed by atoms with E-state index in [1.54, 1.807) is 0 Å². The molecule has 10 unspecified atom stereocenters. The third-order valence-electron chi connectivity index (χ3n) is 11.9. The predicted octanol–water partition coefficient (Wildman–Crippen LogP) is 6.64. The Bertz CT molecular complexity index is 704. The van der Waals surface area contributed by atoms with Crippen LogP contribution in [-0.2, 0) is 14.3 Å². The molecule has 0 aromatic rings. The van der Waals surface area contributed by atoms with Gasteiger partial charge in [-0.15, -0.1) is 0 Å². The topological polar surface area (TPSA) is 35.5 Å². The van der Waals surface area contributed by atoms with Gasteiger partial charge >= 0.3 is 5.97 Å². The van der Waals surface area contributed by atoms with Gasteiger partial charge in [-0.3, -0.25) is 4.79 Å². The van der Waals surface area contributed by atoms with Crippen molar-refractivity contribution in [2.75, 3.05) is 13.7 Å². The van der Waals surface area contributed by atoms with E-state index in [0.29, 0.717) is 41.3 Å². The van der Waals surface area contributed by atoms with Crippen molar-refractivity contribution in [1.82, 2.24) is 0 Å². The van der Waals surface area contributed by atoms with Crippen LogP contribution in [0.25, 0.3) is 0 Å². The fourth-order valence-electron chi connectivity index (χ4n) is 10.6. The second-order valence-corrected chi connectivity index (χ2v) is 12.6. The molecule has 0 saturated heterocycles. The maximum Gasteiger partial charge on any atom is 0.305 e. The number of fused-ring (bicyclic) bond motifs is 4. The van der Waals surface area contributed by atoms with Crippen molar-refractivity contribution in [2.24, 2.45) is 51.8 Å². The van der Waals surface area contributed by atoms with Gasteiger partial charge < -0.3 is 9.47 Å². The van der Waals surface area contributed by atoms with E-state index in [1.807, 2.05) is 14.0 Å². The van der Waals surface area contributed by atoms with Gasteiger partial charge in [-0.2, -0.15) is 0 Å². The molecule has 0 N–H and O–H groups in total. The minimum atomic E-state index is -0.0179. The molecule has 5 saturated carbocycles. The van der Waals surface area contributed by atoms with Gasteiger partial charge in [0, 0.05) is 18.9 Å². The van der Waals surface area contributed by atoms with Crippen LogP contribution in [0.15, 0.2) is 0 Å². The average Bonchev–Trinajstić information content (AvgIpc) is 3.24. The summed E-state index contributed by atoms with van der Waals surface area (Å²) in [6.07, 6.45) is 14.6. The zero-order valence-corrected chi connectivity index (χ0v) is 20.8. The highest BCUT2D eigenvalue weighted by atomic mass is 16.5. The van der Waals surface area contributed by atoms with Gasteiger partial charge in [0.2, 0.25) is 0 Å². The van der Waals surface area contributed by atoms with E-state index in [9.17, 15) is 4.79 Å². The fourth-order valence-corrected chi connectivity index (χ4v) is 10.6. The molecule has 0 bridgehead atoms. The fraction of sp³-hybridized carbons (Fsp3) is 0.964. The molecule has 0 radical (unpaired) electrons. The average molecular weight is 431 g/mol. The lowest BCUT2D eigenvalue weighted by Gasteiger charge is -2.61. The number of ether oxygens (including phenoxy) is 2. The molecule has 0 amide bonds. The van der Waals surface area contributed by atoms with Crippen molar-refractivity contribution in [3.8, 4) is 0 Å². The standard InChI is InChI=1S/C28H46O3/c1-6-31-25(29)9-7-8-18(2)21-10-11-22-20-16-24(30-5)28-17-19(28)12-15-27(28,4)23(20)13-14-26(21,22)3/h18-24H,6-17H2,1-5H3. The molecular formula is C28H46O3. The van der Waals surface area contributed by atoms with Crippen molar-refractivity contribution in [2.45, 2.75) is 104 Å². The number of hydrogen-bond donors (Lipinski definition) is 0. The van der Waals surface area contributed by atoms with Crippen LogP contribution in [0, 0.1) is 51.8 Å². The molecule has 1 spiro atoms. The van der Waals surface area contributed by atoms with Gasteiger partial charge in [-0.25, -0.2) is 0 Å². The number of carbonyl (C=O) groups is 1. The van der Waals surface area contributed by atoms with Gasteiger partial charge in [0.05, 0.1) is 12.7 Å². The maximum atomic E-state index is 11.8. The summed E-state index contributed by atoms with van der Waals surface area (Å²) in [5, 5.41) is 0. The highest BCUT2D eigenvalue weighted by Crippen LogP contribution is 2.82. The molecule has 5 fully saturated rings. The van der Waals surface area contributed by atoms with E-state index in [0.717, 1.165) is 36.0 Å². The quantitative estimate of drug-likeness (QED) is 0.425. The van der Waals surface area contributed by atoms with E-state index < -0.39 is 0 Å². The van der Waals surface area contributed by atoms with Crippen LogP contribution in [0.4, 0.5) is 0 Å². The predicted molar refractivity (Wildman–Crippen MR) is 123 cm³/mol. The van der Waals surface area contributed by atoms with Gasteiger partial charge in [0.15, 0.2) is 0 Å². The smallest absolute Gasteiger partial charge is 0.305 e. The van der Waals surface area contributed by atoms with Crippen molar-refractivity contribution < 1.29 is 14.3 Å². The van der Waals surface area contributed by atoms with E-state index in [2.05, 4.69) is 20.8 Å². The van der Waals surface area contributed by atoms with Crippen LogP contribution in [0.3, 0.4) is 0 Å². The molecule has 31 heavy (non-hydrogen) atoms. The Morgan fingerprint density at radius 1 is 1.10 bits per heavy atom. The largest absolute Gasteiger partial charge is 0.466 e.